The predicted molar refractivity (Wildman–Crippen MR) is 111 cm³/mol. The Labute approximate surface area is 177 Å². The van der Waals surface area contributed by atoms with Gasteiger partial charge in [-0.15, -0.1) is 0 Å². The highest BCUT2D eigenvalue weighted by Gasteiger charge is 2.33. The summed E-state index contributed by atoms with van der Waals surface area (Å²) >= 11 is 0. The molecule has 1 aromatic carbocycles. The first-order chi connectivity index (χ1) is 14.4. The van der Waals surface area contributed by atoms with Crippen LogP contribution in [0, 0.1) is 6.92 Å². The van der Waals surface area contributed by atoms with E-state index in [9.17, 15) is 18.4 Å². The number of pyridine rings is 1. The van der Waals surface area contributed by atoms with E-state index < -0.39 is 21.8 Å². The summed E-state index contributed by atoms with van der Waals surface area (Å²) in [5.74, 6) is -0.414. The third-order valence-electron chi connectivity index (χ3n) is 5.27. The molecule has 1 N–H and O–H groups in total. The largest absolute Gasteiger partial charge is 0.373 e. The van der Waals surface area contributed by atoms with Gasteiger partial charge in [0.1, 0.15) is 6.04 Å². The summed E-state index contributed by atoms with van der Waals surface area (Å²) in [7, 11) is -3.69. The Kier molecular flexibility index (Phi) is 7.54. The lowest BCUT2D eigenvalue weighted by Gasteiger charge is -2.33. The van der Waals surface area contributed by atoms with E-state index in [1.807, 2.05) is 31.2 Å². The van der Waals surface area contributed by atoms with Gasteiger partial charge >= 0.3 is 0 Å². The zero-order valence-electron chi connectivity index (χ0n) is 16.9. The molecule has 1 aliphatic heterocycles. The van der Waals surface area contributed by atoms with Crippen molar-refractivity contribution in [3.63, 3.8) is 0 Å². The van der Waals surface area contributed by atoms with E-state index in [-0.39, 0.29) is 12.5 Å². The lowest BCUT2D eigenvalue weighted by atomic mass is 10.1. The van der Waals surface area contributed by atoms with Crippen molar-refractivity contribution in [2.75, 3.05) is 18.8 Å². The molecule has 9 heteroatoms. The fourth-order valence-electron chi connectivity index (χ4n) is 3.45. The molecule has 3 rings (SSSR count). The second kappa shape index (κ2) is 10.1. The van der Waals surface area contributed by atoms with Crippen molar-refractivity contribution in [3.8, 4) is 0 Å². The lowest BCUT2D eigenvalue weighted by Crippen LogP contribution is -2.44. The summed E-state index contributed by atoms with van der Waals surface area (Å²) in [6.07, 6.45) is 4.38. The fraction of sp³-hybridized carbons (Fsp3) is 0.429. The summed E-state index contributed by atoms with van der Waals surface area (Å²) in [6.45, 7) is 3.21. The van der Waals surface area contributed by atoms with Crippen LogP contribution in [0.1, 0.15) is 35.6 Å². The van der Waals surface area contributed by atoms with Gasteiger partial charge in [-0.3, -0.25) is 15.0 Å². The zero-order valence-corrected chi connectivity index (χ0v) is 17.7. The molecule has 0 aliphatic carbocycles. The lowest BCUT2D eigenvalue weighted by molar-refractivity contribution is -0.159. The first-order valence-corrected chi connectivity index (χ1v) is 11.5. The van der Waals surface area contributed by atoms with Gasteiger partial charge in [-0.05, 0) is 37.0 Å². The van der Waals surface area contributed by atoms with Gasteiger partial charge in [0.05, 0.1) is 18.5 Å². The number of rotatable bonds is 9. The minimum absolute atomic E-state index is 0.00353. The van der Waals surface area contributed by atoms with Gasteiger partial charge in [0, 0.05) is 25.5 Å². The highest BCUT2D eigenvalue weighted by atomic mass is 32.2. The Morgan fingerprint density at radius 1 is 1.27 bits per heavy atom. The van der Waals surface area contributed by atoms with Crippen molar-refractivity contribution >= 4 is 16.4 Å². The molecule has 8 nitrogen and oxygen atoms in total. The average molecular weight is 434 g/mol. The van der Waals surface area contributed by atoms with Crippen LogP contribution in [0.2, 0.25) is 0 Å². The summed E-state index contributed by atoms with van der Waals surface area (Å²) in [5.41, 5.74) is 2.73. The topological polar surface area (TPSA) is 100 Å². The van der Waals surface area contributed by atoms with E-state index in [1.165, 1.54) is 16.1 Å². The number of aryl methyl sites for hydroxylation is 1. The number of nitrogens with zero attached hydrogens (tertiary/aromatic N) is 3. The maximum absolute atomic E-state index is 12.9. The smallest absolute Gasteiger partial charge is 0.233 e. The number of hydroxylamine groups is 2. The third-order valence-corrected chi connectivity index (χ3v) is 7.15. The van der Waals surface area contributed by atoms with Crippen molar-refractivity contribution in [2.24, 2.45) is 0 Å². The summed E-state index contributed by atoms with van der Waals surface area (Å²) in [6, 6.07) is 10.4. The molecule has 162 valence electrons. The third kappa shape index (κ3) is 5.85. The molecule has 0 spiro atoms. The highest BCUT2D eigenvalue weighted by Crippen LogP contribution is 2.24. The quantitative estimate of drug-likeness (QED) is 0.370. The molecule has 1 amide bonds. The van der Waals surface area contributed by atoms with E-state index in [1.54, 1.807) is 18.3 Å². The molecule has 0 bridgehead atoms. The van der Waals surface area contributed by atoms with E-state index >= 15 is 0 Å². The van der Waals surface area contributed by atoms with Crippen LogP contribution in [0.25, 0.3) is 0 Å². The minimum atomic E-state index is -3.69. The number of ether oxygens (including phenoxy) is 1. The standard InChI is InChI=1S/C21H27N3O5S/c1-17-4-6-18(7-5-17)14-29-20-8-11-23(12-9-20)30(27,28)15-21(24(26)16-25)19-3-2-10-22-13-19/h2-7,10,13,16,20-21,26H,8-9,11-12,14-15H2,1H3/t21-/m0/s1. The Hall–Kier alpha value is -2.33. The normalized spacial score (nSPS) is 16.9. The number of piperidine rings is 1. The number of carbonyl (C=O) groups is 1. The van der Waals surface area contributed by atoms with Gasteiger partial charge in [0.25, 0.3) is 0 Å². The zero-order chi connectivity index (χ0) is 21.6. The molecular weight excluding hydrogens is 406 g/mol. The molecule has 1 atom stereocenters. The van der Waals surface area contributed by atoms with E-state index in [4.69, 9.17) is 4.74 Å². The summed E-state index contributed by atoms with van der Waals surface area (Å²) in [5, 5.41) is 10.3. The van der Waals surface area contributed by atoms with Gasteiger partial charge in [0.15, 0.2) is 0 Å². The molecular formula is C21H27N3O5S. The first-order valence-electron chi connectivity index (χ1n) is 9.86. The second-order valence-electron chi connectivity index (χ2n) is 7.46. The molecule has 1 fully saturated rings. The number of benzene rings is 1. The SMILES string of the molecule is Cc1ccc(COC2CCN(S(=O)(=O)C[C@@H](c3cccnc3)N(O)C=O)CC2)cc1. The fourth-order valence-corrected chi connectivity index (χ4v) is 5.17. The maximum atomic E-state index is 12.9. The van der Waals surface area contributed by atoms with Gasteiger partial charge in [-0.25, -0.2) is 17.8 Å². The Balaban J connectivity index is 1.56. The first kappa shape index (κ1) is 22.4. The molecule has 2 aromatic rings. The second-order valence-corrected chi connectivity index (χ2v) is 9.47. The Morgan fingerprint density at radius 2 is 1.97 bits per heavy atom. The molecule has 0 radical (unpaired) electrons. The molecule has 0 unspecified atom stereocenters. The molecule has 2 heterocycles. The number of hydrogen-bond acceptors (Lipinski definition) is 6. The van der Waals surface area contributed by atoms with Crippen molar-refractivity contribution in [1.82, 2.24) is 14.4 Å². The average Bonchev–Trinajstić information content (AvgIpc) is 2.77. The molecule has 30 heavy (non-hydrogen) atoms. The number of carbonyl (C=O) groups excluding carboxylic acids is 1. The van der Waals surface area contributed by atoms with E-state index in [0.717, 1.165) is 5.56 Å². The van der Waals surface area contributed by atoms with Gasteiger partial charge in [-0.2, -0.15) is 0 Å². The van der Waals surface area contributed by atoms with Crippen LogP contribution in [-0.4, -0.2) is 59.3 Å². The van der Waals surface area contributed by atoms with Crippen molar-refractivity contribution in [1.29, 1.82) is 0 Å². The van der Waals surface area contributed by atoms with Crippen LogP contribution < -0.4 is 0 Å². The monoisotopic (exact) mass is 433 g/mol. The number of hydrogen-bond donors (Lipinski definition) is 1. The minimum Gasteiger partial charge on any atom is -0.373 e. The van der Waals surface area contributed by atoms with Crippen LogP contribution >= 0.6 is 0 Å². The van der Waals surface area contributed by atoms with Crippen LogP contribution in [0.3, 0.4) is 0 Å². The van der Waals surface area contributed by atoms with Gasteiger partial charge in [0.2, 0.25) is 16.4 Å². The molecule has 1 saturated heterocycles. The van der Waals surface area contributed by atoms with Gasteiger partial charge < -0.3 is 4.74 Å². The summed E-state index contributed by atoms with van der Waals surface area (Å²) < 4.78 is 33.2. The van der Waals surface area contributed by atoms with Crippen LogP contribution in [0.15, 0.2) is 48.8 Å². The van der Waals surface area contributed by atoms with Gasteiger partial charge in [-0.1, -0.05) is 35.9 Å². The van der Waals surface area contributed by atoms with Crippen molar-refractivity contribution in [3.05, 3.63) is 65.5 Å². The molecule has 1 aromatic heterocycles. The number of sulfonamides is 1. The van der Waals surface area contributed by atoms with E-state index in [0.29, 0.717) is 43.2 Å². The van der Waals surface area contributed by atoms with Crippen LogP contribution in [0.5, 0.6) is 0 Å². The Morgan fingerprint density at radius 3 is 2.57 bits per heavy atom. The summed E-state index contributed by atoms with van der Waals surface area (Å²) in [4.78, 5) is 15.0. The van der Waals surface area contributed by atoms with Crippen LogP contribution in [-0.2, 0) is 26.2 Å². The number of aromatic nitrogens is 1. The van der Waals surface area contributed by atoms with Crippen LogP contribution in [0.4, 0.5) is 0 Å². The number of amides is 1. The molecule has 0 saturated carbocycles. The highest BCUT2D eigenvalue weighted by molar-refractivity contribution is 7.89. The predicted octanol–water partition coefficient (Wildman–Crippen LogP) is 2.29. The Bertz CT molecular complexity index is 913. The van der Waals surface area contributed by atoms with Crippen molar-refractivity contribution in [2.45, 2.75) is 38.5 Å². The molecule has 1 aliphatic rings. The van der Waals surface area contributed by atoms with Crippen molar-refractivity contribution < 1.29 is 23.2 Å². The van der Waals surface area contributed by atoms with E-state index in [2.05, 4.69) is 4.98 Å². The maximum Gasteiger partial charge on any atom is 0.233 e.